The highest BCUT2D eigenvalue weighted by Crippen LogP contribution is 1.95. The van der Waals surface area contributed by atoms with Crippen LogP contribution in [0.2, 0.25) is 0 Å². The van der Waals surface area contributed by atoms with Crippen LogP contribution in [0.15, 0.2) is 0 Å². The number of carbonyl (C=O) groups is 1. The van der Waals surface area contributed by atoms with Crippen molar-refractivity contribution in [3.63, 3.8) is 0 Å². The van der Waals surface area contributed by atoms with Gasteiger partial charge in [0, 0.05) is 6.61 Å². The van der Waals surface area contributed by atoms with E-state index in [0.717, 1.165) is 6.42 Å². The second-order valence-electron chi connectivity index (χ2n) is 2.31. The Hall–Kier alpha value is -0.0900. The highest BCUT2D eigenvalue weighted by Gasteiger charge is 1.83. The van der Waals surface area contributed by atoms with Crippen molar-refractivity contribution in [2.75, 3.05) is 11.9 Å². The lowest BCUT2D eigenvalue weighted by Gasteiger charge is -1.90. The van der Waals surface area contributed by atoms with Gasteiger partial charge in [-0.3, -0.25) is 4.79 Å². The average Bonchev–Trinajstić information content (AvgIpc) is 2.07. The molecule has 0 rings (SSSR count). The molecule has 0 aromatic carbocycles. The van der Waals surface area contributed by atoms with Crippen LogP contribution in [0, 0.1) is 0 Å². The van der Waals surface area contributed by atoms with Crippen LogP contribution in [0.4, 0.5) is 0 Å². The Morgan fingerprint density at radius 1 is 1.33 bits per heavy atom. The minimum absolute atomic E-state index is 0.0347. The smallest absolute Gasteiger partial charge is 0.314 e. The van der Waals surface area contributed by atoms with Crippen LogP contribution < -0.4 is 0 Å². The number of carboxylic acids is 1. The average molecular weight is 241 g/mol. The number of aliphatic hydroxyl groups is 1. The molecule has 0 saturated carbocycles. The summed E-state index contributed by atoms with van der Waals surface area (Å²) in [5, 5.41) is 16.0. The van der Waals surface area contributed by atoms with Crippen LogP contribution in [0.3, 0.4) is 0 Å². The molecule has 0 aromatic rings. The molecule has 4 heteroatoms. The third-order valence-electron chi connectivity index (χ3n) is 1.13. The van der Waals surface area contributed by atoms with E-state index in [1.54, 1.807) is 0 Å². The zero-order valence-corrected chi connectivity index (χ0v) is 9.01. The molecular formula is C8H17BrO3. The van der Waals surface area contributed by atoms with E-state index in [-0.39, 0.29) is 5.33 Å². The summed E-state index contributed by atoms with van der Waals surface area (Å²) in [5.41, 5.74) is 0. The molecule has 0 heterocycles. The summed E-state index contributed by atoms with van der Waals surface area (Å²) < 4.78 is 0. The Morgan fingerprint density at radius 3 is 2.08 bits per heavy atom. The standard InChI is InChI=1S/C6H14O.C2H3BrO2/c1-2-3-4-5-6-7;3-1-2(4)5/h7H,2-6H2,1H3;1H2,(H,4,5). The molecule has 2 N–H and O–H groups in total. The van der Waals surface area contributed by atoms with Gasteiger partial charge in [0.05, 0.1) is 0 Å². The zero-order chi connectivity index (χ0) is 9.82. The van der Waals surface area contributed by atoms with Gasteiger partial charge in [-0.15, -0.1) is 0 Å². The predicted octanol–water partition coefficient (Wildman–Crippen LogP) is 2.02. The van der Waals surface area contributed by atoms with E-state index in [1.807, 2.05) is 0 Å². The maximum atomic E-state index is 9.32. The molecule has 0 bridgehead atoms. The Morgan fingerprint density at radius 2 is 1.83 bits per heavy atom. The Balaban J connectivity index is 0. The lowest BCUT2D eigenvalue weighted by Crippen LogP contribution is -1.92. The maximum absolute atomic E-state index is 9.32. The van der Waals surface area contributed by atoms with Gasteiger partial charge in [0.15, 0.2) is 0 Å². The van der Waals surface area contributed by atoms with Gasteiger partial charge in [0.25, 0.3) is 0 Å². The van der Waals surface area contributed by atoms with E-state index < -0.39 is 5.97 Å². The van der Waals surface area contributed by atoms with Gasteiger partial charge >= 0.3 is 5.97 Å². The highest BCUT2D eigenvalue weighted by atomic mass is 79.9. The van der Waals surface area contributed by atoms with Crippen LogP contribution in [0.1, 0.15) is 32.6 Å². The van der Waals surface area contributed by atoms with Crippen molar-refractivity contribution in [2.45, 2.75) is 32.6 Å². The molecule has 0 aliphatic carbocycles. The molecule has 0 aliphatic rings. The molecule has 12 heavy (non-hydrogen) atoms. The van der Waals surface area contributed by atoms with Gasteiger partial charge in [-0.25, -0.2) is 0 Å². The van der Waals surface area contributed by atoms with E-state index >= 15 is 0 Å². The van der Waals surface area contributed by atoms with Crippen molar-refractivity contribution in [1.29, 1.82) is 0 Å². The third-order valence-corrected chi connectivity index (χ3v) is 1.61. The van der Waals surface area contributed by atoms with Gasteiger partial charge in [0.1, 0.15) is 5.33 Å². The number of carboxylic acid groups (broad SMARTS) is 1. The lowest BCUT2D eigenvalue weighted by molar-refractivity contribution is -0.133. The van der Waals surface area contributed by atoms with Crippen LogP contribution in [-0.4, -0.2) is 28.1 Å². The van der Waals surface area contributed by atoms with E-state index in [9.17, 15) is 4.79 Å². The number of aliphatic carboxylic acids is 1. The van der Waals surface area contributed by atoms with E-state index in [2.05, 4.69) is 22.9 Å². The van der Waals surface area contributed by atoms with Gasteiger partial charge in [-0.2, -0.15) is 0 Å². The molecule has 0 fully saturated rings. The van der Waals surface area contributed by atoms with Gasteiger partial charge < -0.3 is 10.2 Å². The zero-order valence-electron chi connectivity index (χ0n) is 7.42. The first-order chi connectivity index (χ1) is 5.68. The quantitative estimate of drug-likeness (QED) is 0.572. The number of aliphatic hydroxyl groups excluding tert-OH is 1. The van der Waals surface area contributed by atoms with Crippen LogP contribution in [-0.2, 0) is 4.79 Å². The predicted molar refractivity (Wildman–Crippen MR) is 52.7 cm³/mol. The van der Waals surface area contributed by atoms with Crippen molar-refractivity contribution in [2.24, 2.45) is 0 Å². The number of alkyl halides is 1. The SMILES string of the molecule is CCCCCCO.O=C(O)CBr. The van der Waals surface area contributed by atoms with Crippen molar-refractivity contribution >= 4 is 21.9 Å². The topological polar surface area (TPSA) is 57.5 Å². The Kier molecular flexibility index (Phi) is 16.2. The van der Waals surface area contributed by atoms with Gasteiger partial charge in [-0.1, -0.05) is 42.1 Å². The fraction of sp³-hybridized carbons (Fsp3) is 0.875. The molecule has 3 nitrogen and oxygen atoms in total. The molecule has 0 aliphatic heterocycles. The first-order valence-electron chi connectivity index (χ1n) is 4.07. The Labute approximate surface area is 81.9 Å². The minimum Gasteiger partial charge on any atom is -0.481 e. The summed E-state index contributed by atoms with van der Waals surface area (Å²) >= 11 is 2.71. The molecule has 0 radical (unpaired) electrons. The van der Waals surface area contributed by atoms with E-state index in [4.69, 9.17) is 10.2 Å². The second kappa shape index (κ2) is 13.5. The van der Waals surface area contributed by atoms with E-state index in [0.29, 0.717) is 6.61 Å². The first-order valence-corrected chi connectivity index (χ1v) is 5.19. The summed E-state index contributed by atoms with van der Waals surface area (Å²) in [6.45, 7) is 2.53. The van der Waals surface area contributed by atoms with Gasteiger partial charge in [0.2, 0.25) is 0 Å². The molecule has 0 saturated heterocycles. The molecule has 0 unspecified atom stereocenters. The van der Waals surface area contributed by atoms with Crippen molar-refractivity contribution in [3.05, 3.63) is 0 Å². The molecule has 0 amide bonds. The number of unbranched alkanes of at least 4 members (excludes halogenated alkanes) is 3. The van der Waals surface area contributed by atoms with Gasteiger partial charge in [-0.05, 0) is 6.42 Å². The largest absolute Gasteiger partial charge is 0.481 e. The second-order valence-corrected chi connectivity index (χ2v) is 2.87. The molecule has 0 atom stereocenters. The minimum atomic E-state index is -0.829. The van der Waals surface area contributed by atoms with Crippen LogP contribution in [0.5, 0.6) is 0 Å². The summed E-state index contributed by atoms with van der Waals surface area (Å²) in [7, 11) is 0. The lowest BCUT2D eigenvalue weighted by atomic mass is 10.2. The number of hydrogen-bond acceptors (Lipinski definition) is 2. The number of halogens is 1. The summed E-state index contributed by atoms with van der Waals surface area (Å²) in [4.78, 5) is 9.32. The van der Waals surface area contributed by atoms with Crippen LogP contribution in [0.25, 0.3) is 0 Å². The summed E-state index contributed by atoms with van der Waals surface area (Å²) in [5.74, 6) is -0.829. The fourth-order valence-electron chi connectivity index (χ4n) is 0.539. The fourth-order valence-corrected chi connectivity index (χ4v) is 0.539. The maximum Gasteiger partial charge on any atom is 0.314 e. The molecule has 0 aromatic heterocycles. The Bertz CT molecular complexity index is 92.3. The van der Waals surface area contributed by atoms with Crippen LogP contribution >= 0.6 is 15.9 Å². The number of rotatable bonds is 5. The van der Waals surface area contributed by atoms with Crippen molar-refractivity contribution in [3.8, 4) is 0 Å². The molecule has 74 valence electrons. The van der Waals surface area contributed by atoms with E-state index in [1.165, 1.54) is 19.3 Å². The third kappa shape index (κ3) is 22.5. The number of hydrogen-bond donors (Lipinski definition) is 2. The van der Waals surface area contributed by atoms with Crippen molar-refractivity contribution in [1.82, 2.24) is 0 Å². The molecule has 0 spiro atoms. The van der Waals surface area contributed by atoms with Crippen molar-refractivity contribution < 1.29 is 15.0 Å². The molecular weight excluding hydrogens is 224 g/mol. The monoisotopic (exact) mass is 240 g/mol. The summed E-state index contributed by atoms with van der Waals surface area (Å²) in [6.07, 6.45) is 4.68. The highest BCUT2D eigenvalue weighted by molar-refractivity contribution is 9.09. The summed E-state index contributed by atoms with van der Waals surface area (Å²) in [6, 6.07) is 0. The first kappa shape index (κ1) is 14.4. The normalized spacial score (nSPS) is 8.58.